The first-order chi connectivity index (χ1) is 17.0. The summed E-state index contributed by atoms with van der Waals surface area (Å²) in [4.78, 5) is 29.3. The molecule has 2 amide bonds. The third kappa shape index (κ3) is 7.40. The van der Waals surface area contributed by atoms with Gasteiger partial charge >= 0.3 is 6.09 Å². The molecule has 2 aliphatic rings. The maximum Gasteiger partial charge on any atom is 0.410 e. The largest absolute Gasteiger partial charge is 0.444 e. The van der Waals surface area contributed by atoms with Gasteiger partial charge in [0.1, 0.15) is 5.60 Å². The molecule has 1 N–H and O–H groups in total. The average molecular weight is 544 g/mol. The van der Waals surface area contributed by atoms with E-state index in [9.17, 15) is 26.8 Å². The van der Waals surface area contributed by atoms with E-state index < -0.39 is 21.5 Å². The summed E-state index contributed by atoms with van der Waals surface area (Å²) in [5.74, 6) is -3.23. The van der Waals surface area contributed by atoms with Crippen LogP contribution in [-0.4, -0.2) is 67.0 Å². The molecule has 1 aliphatic heterocycles. The van der Waals surface area contributed by atoms with Gasteiger partial charge in [-0.25, -0.2) is 26.7 Å². The molecule has 37 heavy (non-hydrogen) atoms. The van der Waals surface area contributed by atoms with Crippen LogP contribution in [0.15, 0.2) is 29.2 Å². The Morgan fingerprint density at radius 3 is 1.92 bits per heavy atom. The molecule has 0 spiro atoms. The summed E-state index contributed by atoms with van der Waals surface area (Å²) >= 11 is 0. The van der Waals surface area contributed by atoms with Crippen molar-refractivity contribution in [2.75, 3.05) is 13.1 Å². The lowest BCUT2D eigenvalue weighted by Crippen LogP contribution is -2.61. The minimum atomic E-state index is -3.86. The predicted molar refractivity (Wildman–Crippen MR) is 136 cm³/mol. The first-order valence-corrected chi connectivity index (χ1v) is 14.3. The Hall–Kier alpha value is -2.27. The van der Waals surface area contributed by atoms with E-state index in [1.807, 2.05) is 39.5 Å². The number of hydrogen-bond acceptors (Lipinski definition) is 5. The van der Waals surface area contributed by atoms with Crippen molar-refractivity contribution < 1.29 is 31.5 Å². The van der Waals surface area contributed by atoms with Crippen LogP contribution in [0.3, 0.4) is 0 Å². The number of nitrogens with zero attached hydrogens (tertiary/aromatic N) is 2. The highest BCUT2D eigenvalue weighted by atomic mass is 32.2. The summed E-state index contributed by atoms with van der Waals surface area (Å²) in [5.41, 5.74) is -0.842. The van der Waals surface area contributed by atoms with Gasteiger partial charge in [-0.3, -0.25) is 4.79 Å². The second-order valence-corrected chi connectivity index (χ2v) is 13.1. The first kappa shape index (κ1) is 29.3. The number of piperazine rings is 1. The number of nitrogens with one attached hydrogen (secondary N) is 1. The Morgan fingerprint density at radius 1 is 0.946 bits per heavy atom. The molecule has 1 aromatic rings. The molecule has 2 fully saturated rings. The summed E-state index contributed by atoms with van der Waals surface area (Å²) in [7, 11) is -3.86. The van der Waals surface area contributed by atoms with Crippen LogP contribution >= 0.6 is 0 Å². The quantitative estimate of drug-likeness (QED) is 0.590. The van der Waals surface area contributed by atoms with E-state index in [1.165, 1.54) is 12.1 Å². The number of carbonyl (C=O) groups excluding carboxylic acids is 2. The van der Waals surface area contributed by atoms with Gasteiger partial charge in [0, 0.05) is 49.6 Å². The highest BCUT2D eigenvalue weighted by Crippen LogP contribution is 2.31. The normalized spacial score (nSPS) is 25.6. The molecule has 1 saturated heterocycles. The van der Waals surface area contributed by atoms with Gasteiger partial charge < -0.3 is 14.5 Å². The van der Waals surface area contributed by atoms with Gasteiger partial charge in [-0.05, 0) is 72.4 Å². The molecule has 11 heteroatoms. The molecule has 3 rings (SSSR count). The molecular weight excluding hydrogens is 504 g/mol. The van der Waals surface area contributed by atoms with Crippen LogP contribution in [0.4, 0.5) is 13.6 Å². The zero-order chi connectivity index (χ0) is 27.8. The number of sulfonamides is 1. The molecule has 0 radical (unpaired) electrons. The van der Waals surface area contributed by atoms with Gasteiger partial charge in [0.05, 0.1) is 4.90 Å². The molecule has 1 aromatic carbocycles. The van der Waals surface area contributed by atoms with Gasteiger partial charge in [-0.15, -0.1) is 0 Å². The highest BCUT2D eigenvalue weighted by molar-refractivity contribution is 7.89. The lowest BCUT2D eigenvalue weighted by atomic mass is 9.85. The van der Waals surface area contributed by atoms with E-state index in [-0.39, 0.29) is 46.5 Å². The summed E-state index contributed by atoms with van der Waals surface area (Å²) in [6.45, 7) is 10.8. The van der Waals surface area contributed by atoms with E-state index in [0.29, 0.717) is 38.8 Å². The lowest BCUT2D eigenvalue weighted by Gasteiger charge is -2.46. The monoisotopic (exact) mass is 543 g/mol. The van der Waals surface area contributed by atoms with E-state index >= 15 is 0 Å². The first-order valence-electron chi connectivity index (χ1n) is 12.8. The third-order valence-electron chi connectivity index (χ3n) is 6.89. The van der Waals surface area contributed by atoms with Crippen molar-refractivity contribution in [3.8, 4) is 0 Å². The molecule has 0 aromatic heterocycles. The summed E-state index contributed by atoms with van der Waals surface area (Å²) in [6.07, 6.45) is 1.70. The highest BCUT2D eigenvalue weighted by Gasteiger charge is 2.40. The Kier molecular flexibility index (Phi) is 8.58. The van der Waals surface area contributed by atoms with E-state index in [1.54, 1.807) is 4.90 Å². The molecule has 208 valence electrons. The topological polar surface area (TPSA) is 96.0 Å². The Morgan fingerprint density at radius 2 is 1.46 bits per heavy atom. The molecule has 1 aliphatic carbocycles. The molecule has 1 heterocycles. The molecular formula is C26H39F2N3O5S. The number of ether oxygens (including phenoxy) is 1. The fraction of sp³-hybridized carbons (Fsp3) is 0.692. The number of rotatable bonds is 5. The number of benzene rings is 1. The Bertz CT molecular complexity index is 1060. The Balaban J connectivity index is 1.55. The zero-order valence-corrected chi connectivity index (χ0v) is 23.3. The number of halogens is 2. The van der Waals surface area contributed by atoms with Gasteiger partial charge in [0.25, 0.3) is 5.92 Å². The van der Waals surface area contributed by atoms with Crippen LogP contribution < -0.4 is 4.72 Å². The molecule has 1 saturated carbocycles. The van der Waals surface area contributed by atoms with Gasteiger partial charge in [0.2, 0.25) is 15.9 Å². The van der Waals surface area contributed by atoms with Crippen molar-refractivity contribution in [2.45, 2.75) is 102 Å². The number of amides is 2. The maximum absolute atomic E-state index is 13.4. The standard InChI is InChI=1S/C26H39F2N3O5S/c1-17-15-30(24(33)36-25(3,4)5)16-18(2)31(17)23(32)19-7-11-21(12-8-19)29-37(34,35)22-13-9-20(10-14-22)26(6,27)28/h9-10,13-14,17-19,21,29H,7-8,11-12,15-16H2,1-6H3. The van der Waals surface area contributed by atoms with Crippen molar-refractivity contribution in [1.82, 2.24) is 14.5 Å². The van der Waals surface area contributed by atoms with Gasteiger partial charge in [-0.1, -0.05) is 12.1 Å². The van der Waals surface area contributed by atoms with Crippen LogP contribution in [-0.2, 0) is 25.5 Å². The van der Waals surface area contributed by atoms with Crippen molar-refractivity contribution in [3.05, 3.63) is 29.8 Å². The summed E-state index contributed by atoms with van der Waals surface area (Å²) in [5, 5.41) is 0. The van der Waals surface area contributed by atoms with Gasteiger partial charge in [-0.2, -0.15) is 0 Å². The van der Waals surface area contributed by atoms with Crippen LogP contribution in [0.2, 0.25) is 0 Å². The van der Waals surface area contributed by atoms with Crippen LogP contribution in [0.25, 0.3) is 0 Å². The molecule has 0 bridgehead atoms. The SMILES string of the molecule is CC1CN(C(=O)OC(C)(C)C)CC(C)N1C(=O)C1CCC(NS(=O)(=O)c2ccc(C(C)(F)F)cc2)CC1. The molecule has 8 nitrogen and oxygen atoms in total. The molecule has 2 unspecified atom stereocenters. The van der Waals surface area contributed by atoms with E-state index in [2.05, 4.69) is 4.72 Å². The second kappa shape index (κ2) is 10.8. The maximum atomic E-state index is 13.4. The van der Waals surface area contributed by atoms with E-state index in [0.717, 1.165) is 19.1 Å². The smallest absolute Gasteiger partial charge is 0.410 e. The third-order valence-corrected chi connectivity index (χ3v) is 8.43. The van der Waals surface area contributed by atoms with Gasteiger partial charge in [0.15, 0.2) is 0 Å². The average Bonchev–Trinajstić information content (AvgIpc) is 2.77. The van der Waals surface area contributed by atoms with Crippen molar-refractivity contribution in [1.29, 1.82) is 0 Å². The Labute approximate surface area is 218 Å². The van der Waals surface area contributed by atoms with Crippen molar-refractivity contribution in [2.24, 2.45) is 5.92 Å². The number of alkyl halides is 2. The van der Waals surface area contributed by atoms with Crippen LogP contribution in [0, 0.1) is 5.92 Å². The zero-order valence-electron chi connectivity index (χ0n) is 22.5. The minimum absolute atomic E-state index is 0.0289. The lowest BCUT2D eigenvalue weighted by molar-refractivity contribution is -0.144. The number of carbonyl (C=O) groups is 2. The molecule has 2 atom stereocenters. The van der Waals surface area contributed by atoms with Crippen molar-refractivity contribution >= 4 is 22.0 Å². The summed E-state index contributed by atoms with van der Waals surface area (Å²) in [6, 6.07) is 3.94. The minimum Gasteiger partial charge on any atom is -0.444 e. The van der Waals surface area contributed by atoms with Crippen LogP contribution in [0.5, 0.6) is 0 Å². The van der Waals surface area contributed by atoms with Crippen LogP contribution in [0.1, 0.15) is 72.8 Å². The van der Waals surface area contributed by atoms with Crippen molar-refractivity contribution in [3.63, 3.8) is 0 Å². The summed E-state index contributed by atoms with van der Waals surface area (Å²) < 4.78 is 60.6. The fourth-order valence-electron chi connectivity index (χ4n) is 5.12. The fourth-order valence-corrected chi connectivity index (χ4v) is 6.42. The predicted octanol–water partition coefficient (Wildman–Crippen LogP) is 4.49. The number of hydrogen-bond donors (Lipinski definition) is 1. The van der Waals surface area contributed by atoms with E-state index in [4.69, 9.17) is 4.74 Å². The second-order valence-electron chi connectivity index (χ2n) is 11.4.